The number of hydrogen-bond acceptors (Lipinski definition) is 4. The highest BCUT2D eigenvalue weighted by atomic mass is 35.5. The van der Waals surface area contributed by atoms with Crippen LogP contribution in [0, 0.1) is 0 Å². The maximum atomic E-state index is 11.4. The molecule has 108 valence electrons. The fraction of sp³-hybridized carbons (Fsp3) is 0.417. The third-order valence-electron chi connectivity index (χ3n) is 2.45. The molecule has 0 aliphatic rings. The van der Waals surface area contributed by atoms with E-state index in [2.05, 4.69) is 15.6 Å². The van der Waals surface area contributed by atoms with E-state index in [1.54, 1.807) is 26.4 Å². The third-order valence-corrected chi connectivity index (χ3v) is 2.45. The van der Waals surface area contributed by atoms with Crippen LogP contribution in [0.2, 0.25) is 0 Å². The number of hydroxylamine groups is 1. The molecule has 2 N–H and O–H groups in total. The Labute approximate surface area is 118 Å². The van der Waals surface area contributed by atoms with Crippen LogP contribution in [0.5, 0.6) is 11.5 Å². The molecular weight excluding hydrogens is 272 g/mol. The van der Waals surface area contributed by atoms with Crippen LogP contribution < -0.4 is 20.3 Å². The van der Waals surface area contributed by atoms with Crippen LogP contribution >= 0.6 is 12.4 Å². The third kappa shape index (κ3) is 4.84. The van der Waals surface area contributed by atoms with Gasteiger partial charge >= 0.3 is 6.03 Å². The Hall–Kier alpha value is -1.66. The van der Waals surface area contributed by atoms with Crippen LogP contribution in [-0.4, -0.2) is 27.4 Å². The van der Waals surface area contributed by atoms with Gasteiger partial charge < -0.3 is 14.8 Å². The fourth-order valence-electron chi connectivity index (χ4n) is 1.57. The van der Waals surface area contributed by atoms with Crippen molar-refractivity contribution in [3.63, 3.8) is 0 Å². The van der Waals surface area contributed by atoms with Gasteiger partial charge in [-0.1, -0.05) is 0 Å². The Morgan fingerprint density at radius 1 is 1.21 bits per heavy atom. The van der Waals surface area contributed by atoms with E-state index in [0.717, 1.165) is 5.56 Å². The van der Waals surface area contributed by atoms with Gasteiger partial charge in [0.25, 0.3) is 0 Å². The number of carbonyl (C=O) groups is 1. The highest BCUT2D eigenvalue weighted by molar-refractivity contribution is 5.85. The maximum Gasteiger partial charge on any atom is 0.339 e. The van der Waals surface area contributed by atoms with Gasteiger partial charge in [0.15, 0.2) is 0 Å². The van der Waals surface area contributed by atoms with Crippen molar-refractivity contribution in [2.45, 2.75) is 13.0 Å². The number of nitrogens with one attached hydrogen (secondary N) is 2. The van der Waals surface area contributed by atoms with E-state index in [4.69, 9.17) is 9.47 Å². The second kappa shape index (κ2) is 8.44. The van der Waals surface area contributed by atoms with Gasteiger partial charge in [-0.2, -0.15) is 0 Å². The summed E-state index contributed by atoms with van der Waals surface area (Å²) in [6, 6.07) is 4.74. The molecule has 19 heavy (non-hydrogen) atoms. The van der Waals surface area contributed by atoms with Gasteiger partial charge in [0.1, 0.15) is 11.5 Å². The van der Waals surface area contributed by atoms with E-state index in [9.17, 15) is 4.79 Å². The number of rotatable bonds is 5. The van der Waals surface area contributed by atoms with Crippen LogP contribution in [0.3, 0.4) is 0 Å². The van der Waals surface area contributed by atoms with Crippen molar-refractivity contribution in [3.8, 4) is 11.5 Å². The summed E-state index contributed by atoms with van der Waals surface area (Å²) in [7, 11) is 4.53. The van der Waals surface area contributed by atoms with Gasteiger partial charge in [0.05, 0.1) is 27.4 Å². The summed E-state index contributed by atoms with van der Waals surface area (Å²) < 4.78 is 10.4. The maximum absolute atomic E-state index is 11.4. The van der Waals surface area contributed by atoms with Gasteiger partial charge in [-0.3, -0.25) is 4.84 Å². The SMILES string of the molecule is CONC(=O)NC(C)c1cc(OC)ccc1OC.Cl. The monoisotopic (exact) mass is 290 g/mol. The Kier molecular flexibility index (Phi) is 7.71. The highest BCUT2D eigenvalue weighted by Crippen LogP contribution is 2.29. The first kappa shape index (κ1) is 17.3. The Morgan fingerprint density at radius 2 is 1.89 bits per heavy atom. The molecule has 1 aromatic rings. The second-order valence-electron chi connectivity index (χ2n) is 3.61. The minimum Gasteiger partial charge on any atom is -0.497 e. The van der Waals surface area contributed by atoms with Crippen molar-refractivity contribution in [2.24, 2.45) is 0 Å². The van der Waals surface area contributed by atoms with E-state index < -0.39 is 6.03 Å². The van der Waals surface area contributed by atoms with E-state index >= 15 is 0 Å². The molecule has 1 atom stereocenters. The quantitative estimate of drug-likeness (QED) is 0.814. The number of benzene rings is 1. The minimum absolute atomic E-state index is 0. The molecule has 2 amide bonds. The van der Waals surface area contributed by atoms with Crippen molar-refractivity contribution in [3.05, 3.63) is 23.8 Å². The molecule has 1 aromatic carbocycles. The van der Waals surface area contributed by atoms with Gasteiger partial charge in [0.2, 0.25) is 0 Å². The van der Waals surface area contributed by atoms with E-state index in [-0.39, 0.29) is 18.4 Å². The van der Waals surface area contributed by atoms with Gasteiger partial charge in [0, 0.05) is 5.56 Å². The molecule has 0 radical (unpaired) electrons. The molecular formula is C12H19ClN2O4. The first-order valence-corrected chi connectivity index (χ1v) is 5.43. The predicted molar refractivity (Wildman–Crippen MR) is 73.9 cm³/mol. The second-order valence-corrected chi connectivity index (χ2v) is 3.61. The van der Waals surface area contributed by atoms with Crippen LogP contribution in [0.1, 0.15) is 18.5 Å². The van der Waals surface area contributed by atoms with Gasteiger partial charge in [-0.25, -0.2) is 10.3 Å². The number of amides is 2. The largest absolute Gasteiger partial charge is 0.497 e. The van der Waals surface area contributed by atoms with Crippen molar-refractivity contribution in [2.75, 3.05) is 21.3 Å². The lowest BCUT2D eigenvalue weighted by Crippen LogP contribution is -2.36. The first-order valence-electron chi connectivity index (χ1n) is 5.43. The Balaban J connectivity index is 0.00000324. The highest BCUT2D eigenvalue weighted by Gasteiger charge is 2.14. The normalized spacial score (nSPS) is 10.9. The molecule has 0 saturated carbocycles. The van der Waals surface area contributed by atoms with E-state index in [1.165, 1.54) is 7.11 Å². The zero-order chi connectivity index (χ0) is 13.5. The van der Waals surface area contributed by atoms with Gasteiger partial charge in [-0.05, 0) is 25.1 Å². The summed E-state index contributed by atoms with van der Waals surface area (Å²) in [5.41, 5.74) is 3.01. The molecule has 7 heteroatoms. The molecule has 6 nitrogen and oxygen atoms in total. The number of halogens is 1. The van der Waals surface area contributed by atoms with Crippen molar-refractivity contribution in [1.82, 2.24) is 10.8 Å². The summed E-state index contributed by atoms with van der Waals surface area (Å²) in [5, 5.41) is 2.71. The molecule has 0 fully saturated rings. The molecule has 1 unspecified atom stereocenters. The smallest absolute Gasteiger partial charge is 0.339 e. The first-order chi connectivity index (χ1) is 8.62. The molecule has 1 rings (SSSR count). The number of carbonyl (C=O) groups excluding carboxylic acids is 1. The minimum atomic E-state index is -0.421. The summed E-state index contributed by atoms with van der Waals surface area (Å²) in [6.07, 6.45) is 0. The fourth-order valence-corrected chi connectivity index (χ4v) is 1.57. The summed E-state index contributed by atoms with van der Waals surface area (Å²) in [4.78, 5) is 15.9. The predicted octanol–water partition coefficient (Wildman–Crippen LogP) is 2.05. The molecule has 0 aliphatic carbocycles. The molecule has 0 spiro atoms. The van der Waals surface area contributed by atoms with Crippen LogP contribution in [0.25, 0.3) is 0 Å². The summed E-state index contributed by atoms with van der Waals surface area (Å²) in [6.45, 7) is 1.84. The molecule has 0 aliphatic heterocycles. The molecule has 0 saturated heterocycles. The van der Waals surface area contributed by atoms with Crippen molar-refractivity contribution in [1.29, 1.82) is 0 Å². The lowest BCUT2D eigenvalue weighted by Gasteiger charge is -2.18. The van der Waals surface area contributed by atoms with Crippen molar-refractivity contribution < 1.29 is 19.1 Å². The van der Waals surface area contributed by atoms with E-state index in [0.29, 0.717) is 11.5 Å². The number of ether oxygens (including phenoxy) is 2. The van der Waals surface area contributed by atoms with Gasteiger partial charge in [-0.15, -0.1) is 12.4 Å². The van der Waals surface area contributed by atoms with Crippen molar-refractivity contribution >= 4 is 18.4 Å². The van der Waals surface area contributed by atoms with Crippen LogP contribution in [0.15, 0.2) is 18.2 Å². The van der Waals surface area contributed by atoms with Crippen LogP contribution in [-0.2, 0) is 4.84 Å². The Bertz CT molecular complexity index is 415. The molecule has 0 aromatic heterocycles. The number of hydrogen-bond donors (Lipinski definition) is 2. The topological polar surface area (TPSA) is 68.8 Å². The number of methoxy groups -OCH3 is 2. The summed E-state index contributed by atoms with van der Waals surface area (Å²) >= 11 is 0. The zero-order valence-corrected chi connectivity index (χ0v) is 12.2. The summed E-state index contributed by atoms with van der Waals surface area (Å²) in [5.74, 6) is 1.38. The number of urea groups is 1. The average Bonchev–Trinajstić information content (AvgIpc) is 2.38. The lowest BCUT2D eigenvalue weighted by atomic mass is 10.1. The lowest BCUT2D eigenvalue weighted by molar-refractivity contribution is 0.106. The van der Waals surface area contributed by atoms with Crippen LogP contribution in [0.4, 0.5) is 4.79 Å². The average molecular weight is 291 g/mol. The molecule has 0 heterocycles. The standard InChI is InChI=1S/C12H18N2O4.ClH/c1-8(13-12(15)14-18-4)10-7-9(16-2)5-6-11(10)17-3;/h5-8H,1-4H3,(H2,13,14,15);1H. The van der Waals surface area contributed by atoms with E-state index in [1.807, 2.05) is 13.0 Å². The Morgan fingerprint density at radius 3 is 2.42 bits per heavy atom. The molecule has 0 bridgehead atoms. The zero-order valence-electron chi connectivity index (χ0n) is 11.4.